The van der Waals surface area contributed by atoms with E-state index in [9.17, 15) is 14.9 Å². The van der Waals surface area contributed by atoms with Gasteiger partial charge < -0.3 is 9.64 Å². The molecule has 1 saturated carbocycles. The molecule has 0 aliphatic heterocycles. The van der Waals surface area contributed by atoms with Crippen molar-refractivity contribution in [1.29, 1.82) is 0 Å². The van der Waals surface area contributed by atoms with Crippen molar-refractivity contribution >= 4 is 11.6 Å². The van der Waals surface area contributed by atoms with Gasteiger partial charge in [0.05, 0.1) is 11.5 Å². The van der Waals surface area contributed by atoms with Crippen molar-refractivity contribution in [3.63, 3.8) is 0 Å². The van der Waals surface area contributed by atoms with Gasteiger partial charge in [0.25, 0.3) is 5.91 Å². The normalized spacial score (nSPS) is 15.7. The van der Waals surface area contributed by atoms with Crippen LogP contribution in [0, 0.1) is 10.1 Å². The summed E-state index contributed by atoms with van der Waals surface area (Å²) in [6.45, 7) is 2.11. The molecule has 0 heterocycles. The SMILES string of the molecule is CCOc1ccc(C(=O)N(C)C2CCCCCC2)cc1[N+](=O)[O-]. The quantitative estimate of drug-likeness (QED) is 0.470. The number of hydrogen-bond acceptors (Lipinski definition) is 4. The number of nitrogens with zero attached hydrogens (tertiary/aromatic N) is 2. The first-order valence-corrected chi connectivity index (χ1v) is 8.23. The molecule has 1 aliphatic carbocycles. The Balaban J connectivity index is 2.20. The summed E-state index contributed by atoms with van der Waals surface area (Å²) >= 11 is 0. The molecule has 6 nitrogen and oxygen atoms in total. The van der Waals surface area contributed by atoms with E-state index in [2.05, 4.69) is 0 Å². The lowest BCUT2D eigenvalue weighted by Gasteiger charge is -2.27. The Hall–Kier alpha value is -2.11. The number of hydrogen-bond donors (Lipinski definition) is 0. The maximum atomic E-state index is 12.7. The van der Waals surface area contributed by atoms with Crippen LogP contribution < -0.4 is 4.74 Å². The number of nitro groups is 1. The third-order valence-electron chi connectivity index (χ3n) is 4.40. The van der Waals surface area contributed by atoms with E-state index in [1.807, 2.05) is 0 Å². The summed E-state index contributed by atoms with van der Waals surface area (Å²) in [6.07, 6.45) is 6.69. The highest BCUT2D eigenvalue weighted by molar-refractivity contribution is 5.95. The first-order chi connectivity index (χ1) is 11.0. The zero-order valence-electron chi connectivity index (χ0n) is 13.8. The van der Waals surface area contributed by atoms with Crippen molar-refractivity contribution in [2.24, 2.45) is 0 Å². The Morgan fingerprint density at radius 1 is 1.30 bits per heavy atom. The highest BCUT2D eigenvalue weighted by Crippen LogP contribution is 2.29. The first-order valence-electron chi connectivity index (χ1n) is 8.23. The molecule has 1 amide bonds. The van der Waals surface area contributed by atoms with E-state index in [1.165, 1.54) is 25.0 Å². The standard InChI is InChI=1S/C17H24N2O4/c1-3-23-16-11-10-13(12-15(16)19(21)22)17(20)18(2)14-8-6-4-5-7-9-14/h10-12,14H,3-9H2,1-2H3. The molecule has 1 aliphatic rings. The van der Waals surface area contributed by atoms with Gasteiger partial charge in [-0.05, 0) is 31.9 Å². The molecule has 1 aromatic rings. The predicted octanol–water partition coefficient (Wildman–Crippen LogP) is 3.79. The first kappa shape index (κ1) is 17.2. The summed E-state index contributed by atoms with van der Waals surface area (Å²) in [5.41, 5.74) is 0.180. The molecule has 126 valence electrons. The second-order valence-electron chi connectivity index (χ2n) is 5.93. The predicted molar refractivity (Wildman–Crippen MR) is 87.8 cm³/mol. The van der Waals surface area contributed by atoms with Crippen molar-refractivity contribution in [1.82, 2.24) is 4.90 Å². The van der Waals surface area contributed by atoms with Gasteiger partial charge in [-0.15, -0.1) is 0 Å². The van der Waals surface area contributed by atoms with E-state index in [0.717, 1.165) is 25.7 Å². The summed E-state index contributed by atoms with van der Waals surface area (Å²) in [6, 6.07) is 4.65. The monoisotopic (exact) mass is 320 g/mol. The van der Waals surface area contributed by atoms with Gasteiger partial charge in [-0.1, -0.05) is 25.7 Å². The second-order valence-corrected chi connectivity index (χ2v) is 5.93. The summed E-state index contributed by atoms with van der Waals surface area (Å²) in [5, 5.41) is 11.2. The molecular weight excluding hydrogens is 296 g/mol. The van der Waals surface area contributed by atoms with Crippen molar-refractivity contribution in [3.05, 3.63) is 33.9 Å². The topological polar surface area (TPSA) is 72.7 Å². The highest BCUT2D eigenvalue weighted by atomic mass is 16.6. The van der Waals surface area contributed by atoms with Crippen LogP contribution in [0.2, 0.25) is 0 Å². The molecule has 0 bridgehead atoms. The minimum atomic E-state index is -0.507. The van der Waals surface area contributed by atoms with Crippen LogP contribution in [0.4, 0.5) is 5.69 Å². The van der Waals surface area contributed by atoms with Crippen LogP contribution in [0.1, 0.15) is 55.8 Å². The Morgan fingerprint density at radius 3 is 2.52 bits per heavy atom. The van der Waals surface area contributed by atoms with E-state index in [1.54, 1.807) is 24.9 Å². The van der Waals surface area contributed by atoms with E-state index < -0.39 is 4.92 Å². The Labute approximate surface area is 136 Å². The minimum Gasteiger partial charge on any atom is -0.487 e. The van der Waals surface area contributed by atoms with Gasteiger partial charge in [0.1, 0.15) is 0 Å². The molecule has 0 radical (unpaired) electrons. The molecular formula is C17H24N2O4. The van der Waals surface area contributed by atoms with Gasteiger partial charge >= 0.3 is 5.69 Å². The number of carbonyl (C=O) groups excluding carboxylic acids is 1. The van der Waals surface area contributed by atoms with Crippen molar-refractivity contribution in [3.8, 4) is 5.75 Å². The van der Waals surface area contributed by atoms with Gasteiger partial charge in [-0.25, -0.2) is 0 Å². The Morgan fingerprint density at radius 2 is 1.96 bits per heavy atom. The molecule has 23 heavy (non-hydrogen) atoms. The fourth-order valence-electron chi connectivity index (χ4n) is 3.09. The summed E-state index contributed by atoms with van der Waals surface area (Å²) in [5.74, 6) is 0.0363. The van der Waals surface area contributed by atoms with Gasteiger partial charge in [0, 0.05) is 24.7 Å². The average Bonchev–Trinajstić information content (AvgIpc) is 2.83. The number of ether oxygens (including phenoxy) is 1. The lowest BCUT2D eigenvalue weighted by molar-refractivity contribution is -0.385. The fourth-order valence-corrected chi connectivity index (χ4v) is 3.09. The van der Waals surface area contributed by atoms with Crippen LogP contribution in [-0.2, 0) is 0 Å². The molecule has 0 saturated heterocycles. The number of amides is 1. The third-order valence-corrected chi connectivity index (χ3v) is 4.40. The van der Waals surface area contributed by atoms with Crippen LogP contribution in [-0.4, -0.2) is 35.4 Å². The number of nitro benzene ring substituents is 1. The summed E-state index contributed by atoms with van der Waals surface area (Å²) < 4.78 is 5.26. The lowest BCUT2D eigenvalue weighted by Crippen LogP contribution is -2.36. The minimum absolute atomic E-state index is 0.160. The second kappa shape index (κ2) is 7.94. The van der Waals surface area contributed by atoms with E-state index >= 15 is 0 Å². The van der Waals surface area contributed by atoms with Crippen LogP contribution in [0.25, 0.3) is 0 Å². The summed E-state index contributed by atoms with van der Waals surface area (Å²) in [7, 11) is 1.79. The van der Waals surface area contributed by atoms with Gasteiger partial charge in [-0.2, -0.15) is 0 Å². The lowest BCUT2D eigenvalue weighted by atomic mass is 10.1. The molecule has 0 N–H and O–H groups in total. The van der Waals surface area contributed by atoms with E-state index in [4.69, 9.17) is 4.74 Å². The zero-order chi connectivity index (χ0) is 16.8. The zero-order valence-corrected chi connectivity index (χ0v) is 13.8. The maximum absolute atomic E-state index is 12.7. The van der Waals surface area contributed by atoms with Gasteiger partial charge in [0.15, 0.2) is 5.75 Å². The third kappa shape index (κ3) is 4.21. The molecule has 1 aromatic carbocycles. The molecule has 6 heteroatoms. The smallest absolute Gasteiger partial charge is 0.311 e. The Bertz CT molecular complexity index is 566. The largest absolute Gasteiger partial charge is 0.487 e. The average molecular weight is 320 g/mol. The molecule has 0 spiro atoms. The molecule has 2 rings (SSSR count). The number of carbonyl (C=O) groups is 1. The number of benzene rings is 1. The van der Waals surface area contributed by atoms with Crippen LogP contribution >= 0.6 is 0 Å². The molecule has 0 atom stereocenters. The highest BCUT2D eigenvalue weighted by Gasteiger charge is 2.25. The van der Waals surface area contributed by atoms with Crippen LogP contribution in [0.15, 0.2) is 18.2 Å². The Kier molecular flexibility index (Phi) is 5.96. The van der Waals surface area contributed by atoms with Crippen molar-refractivity contribution in [2.45, 2.75) is 51.5 Å². The maximum Gasteiger partial charge on any atom is 0.311 e. The van der Waals surface area contributed by atoms with Crippen molar-refractivity contribution < 1.29 is 14.5 Å². The van der Waals surface area contributed by atoms with Crippen LogP contribution in [0.5, 0.6) is 5.75 Å². The fraction of sp³-hybridized carbons (Fsp3) is 0.588. The number of rotatable bonds is 5. The molecule has 0 aromatic heterocycles. The molecule has 1 fully saturated rings. The van der Waals surface area contributed by atoms with E-state index in [0.29, 0.717) is 12.2 Å². The van der Waals surface area contributed by atoms with Gasteiger partial charge in [0.2, 0.25) is 0 Å². The molecule has 0 unspecified atom stereocenters. The van der Waals surface area contributed by atoms with Crippen molar-refractivity contribution in [2.75, 3.05) is 13.7 Å². The summed E-state index contributed by atoms with van der Waals surface area (Å²) in [4.78, 5) is 25.1. The van der Waals surface area contributed by atoms with E-state index in [-0.39, 0.29) is 23.4 Å². The van der Waals surface area contributed by atoms with Gasteiger partial charge in [-0.3, -0.25) is 14.9 Å². The van der Waals surface area contributed by atoms with Crippen LogP contribution in [0.3, 0.4) is 0 Å².